The zero-order chi connectivity index (χ0) is 16.7. The molecule has 3 heterocycles. The van der Waals surface area contributed by atoms with Crippen molar-refractivity contribution in [2.45, 2.75) is 20.4 Å². The minimum atomic E-state index is -0.244. The third-order valence-electron chi connectivity index (χ3n) is 4.02. The van der Waals surface area contributed by atoms with E-state index in [9.17, 15) is 4.79 Å². The van der Waals surface area contributed by atoms with Crippen molar-refractivity contribution in [2.24, 2.45) is 0 Å². The van der Waals surface area contributed by atoms with Gasteiger partial charge in [0.25, 0.3) is 5.91 Å². The van der Waals surface area contributed by atoms with Gasteiger partial charge < -0.3 is 9.73 Å². The largest absolute Gasteiger partial charge is 0.451 e. The molecule has 0 saturated heterocycles. The lowest BCUT2D eigenvalue weighted by molar-refractivity contribution is 0.0924. The Hall–Kier alpha value is -3.15. The smallest absolute Gasteiger partial charge is 0.287 e. The molecule has 6 nitrogen and oxygen atoms in total. The first kappa shape index (κ1) is 14.4. The van der Waals surface area contributed by atoms with Crippen LogP contribution in [0.25, 0.3) is 16.7 Å². The first-order valence-corrected chi connectivity index (χ1v) is 7.68. The molecule has 0 spiro atoms. The summed E-state index contributed by atoms with van der Waals surface area (Å²) in [4.78, 5) is 21.0. The molecule has 120 valence electrons. The normalized spacial score (nSPS) is 11.2. The average molecular weight is 320 g/mol. The minimum Gasteiger partial charge on any atom is -0.451 e. The molecular formula is C18H16N4O2. The van der Waals surface area contributed by atoms with E-state index in [1.54, 1.807) is 6.20 Å². The SMILES string of the molecule is Cc1ccc2c(C)c(C(=O)NCc3cn4cccnc4n3)oc2c1. The first-order valence-electron chi connectivity index (χ1n) is 7.68. The molecule has 0 unspecified atom stereocenters. The first-order chi connectivity index (χ1) is 11.6. The molecule has 6 heteroatoms. The molecular weight excluding hydrogens is 304 g/mol. The Balaban J connectivity index is 1.56. The summed E-state index contributed by atoms with van der Waals surface area (Å²) in [5.74, 6) is 0.709. The van der Waals surface area contributed by atoms with Crippen LogP contribution in [0.5, 0.6) is 0 Å². The van der Waals surface area contributed by atoms with Crippen molar-refractivity contribution in [1.82, 2.24) is 19.7 Å². The molecule has 0 saturated carbocycles. The van der Waals surface area contributed by atoms with E-state index < -0.39 is 0 Å². The standard InChI is InChI=1S/C18H16N4O2/c1-11-4-5-14-12(2)16(24-15(14)8-11)17(23)20-9-13-10-22-7-3-6-19-18(22)21-13/h3-8,10H,9H2,1-2H3,(H,20,23). The van der Waals surface area contributed by atoms with Gasteiger partial charge in [-0.05, 0) is 31.5 Å². The molecule has 3 aromatic heterocycles. The molecule has 24 heavy (non-hydrogen) atoms. The average Bonchev–Trinajstić information content (AvgIpc) is 3.13. The number of aromatic nitrogens is 3. The minimum absolute atomic E-state index is 0.244. The summed E-state index contributed by atoms with van der Waals surface area (Å²) in [5.41, 5.74) is 3.42. The molecule has 0 aliphatic rings. The van der Waals surface area contributed by atoms with Gasteiger partial charge in [0.15, 0.2) is 5.76 Å². The van der Waals surface area contributed by atoms with E-state index in [1.165, 1.54) is 0 Å². The van der Waals surface area contributed by atoms with Gasteiger partial charge in [-0.3, -0.25) is 9.20 Å². The van der Waals surface area contributed by atoms with Gasteiger partial charge in [-0.25, -0.2) is 9.97 Å². The maximum atomic E-state index is 12.5. The Morgan fingerprint density at radius 3 is 3.04 bits per heavy atom. The zero-order valence-corrected chi connectivity index (χ0v) is 13.4. The fraction of sp³-hybridized carbons (Fsp3) is 0.167. The summed E-state index contributed by atoms with van der Waals surface area (Å²) in [6.45, 7) is 4.21. The Labute approximate surface area is 138 Å². The number of benzene rings is 1. The Kier molecular flexibility index (Phi) is 3.30. The lowest BCUT2D eigenvalue weighted by Gasteiger charge is -2.01. The number of carbonyl (C=O) groups excluding carboxylic acids is 1. The number of nitrogens with one attached hydrogen (secondary N) is 1. The second-order valence-electron chi connectivity index (χ2n) is 5.80. The highest BCUT2D eigenvalue weighted by Gasteiger charge is 2.17. The van der Waals surface area contributed by atoms with Crippen molar-refractivity contribution < 1.29 is 9.21 Å². The van der Waals surface area contributed by atoms with Crippen molar-refractivity contribution in [3.63, 3.8) is 0 Å². The molecule has 1 aromatic carbocycles. The number of imidazole rings is 1. The number of fused-ring (bicyclic) bond motifs is 2. The summed E-state index contributed by atoms with van der Waals surface area (Å²) in [6.07, 6.45) is 5.40. The van der Waals surface area contributed by atoms with Crippen LogP contribution in [0.4, 0.5) is 0 Å². The fourth-order valence-corrected chi connectivity index (χ4v) is 2.77. The van der Waals surface area contributed by atoms with Crippen LogP contribution in [0, 0.1) is 13.8 Å². The second kappa shape index (κ2) is 5.49. The number of carbonyl (C=O) groups is 1. The highest BCUT2D eigenvalue weighted by atomic mass is 16.3. The Morgan fingerprint density at radius 1 is 1.33 bits per heavy atom. The van der Waals surface area contributed by atoms with Crippen LogP contribution in [0.2, 0.25) is 0 Å². The lowest BCUT2D eigenvalue weighted by Crippen LogP contribution is -2.23. The van der Waals surface area contributed by atoms with Crippen LogP contribution in [-0.4, -0.2) is 20.3 Å². The van der Waals surface area contributed by atoms with Crippen LogP contribution in [-0.2, 0) is 6.54 Å². The predicted octanol–water partition coefficient (Wildman–Crippen LogP) is 3.02. The lowest BCUT2D eigenvalue weighted by atomic mass is 10.1. The van der Waals surface area contributed by atoms with E-state index in [2.05, 4.69) is 15.3 Å². The maximum absolute atomic E-state index is 12.5. The number of hydrogen-bond acceptors (Lipinski definition) is 4. The van der Waals surface area contributed by atoms with Gasteiger partial charge in [-0.15, -0.1) is 0 Å². The monoisotopic (exact) mass is 320 g/mol. The van der Waals surface area contributed by atoms with Crippen molar-refractivity contribution in [1.29, 1.82) is 0 Å². The van der Waals surface area contributed by atoms with Crippen LogP contribution >= 0.6 is 0 Å². The van der Waals surface area contributed by atoms with E-state index in [0.717, 1.165) is 27.8 Å². The maximum Gasteiger partial charge on any atom is 0.287 e. The third kappa shape index (κ3) is 2.42. The van der Waals surface area contributed by atoms with Crippen LogP contribution in [0.1, 0.15) is 27.4 Å². The highest BCUT2D eigenvalue weighted by Crippen LogP contribution is 2.26. The summed E-state index contributed by atoms with van der Waals surface area (Å²) in [6, 6.07) is 7.76. The Bertz CT molecular complexity index is 1030. The van der Waals surface area contributed by atoms with Crippen molar-refractivity contribution >= 4 is 22.7 Å². The van der Waals surface area contributed by atoms with E-state index in [-0.39, 0.29) is 5.91 Å². The highest BCUT2D eigenvalue weighted by molar-refractivity contribution is 5.98. The predicted molar refractivity (Wildman–Crippen MR) is 89.8 cm³/mol. The van der Waals surface area contributed by atoms with Crippen LogP contribution < -0.4 is 5.32 Å². The molecule has 1 N–H and O–H groups in total. The number of aryl methyl sites for hydroxylation is 2. The van der Waals surface area contributed by atoms with E-state index in [1.807, 2.05) is 54.9 Å². The molecule has 4 aromatic rings. The summed E-state index contributed by atoms with van der Waals surface area (Å²) in [7, 11) is 0. The quantitative estimate of drug-likeness (QED) is 0.630. The van der Waals surface area contributed by atoms with Crippen LogP contribution in [0.15, 0.2) is 47.3 Å². The molecule has 0 fully saturated rings. The van der Waals surface area contributed by atoms with E-state index in [0.29, 0.717) is 18.1 Å². The van der Waals surface area contributed by atoms with E-state index in [4.69, 9.17) is 4.42 Å². The molecule has 1 amide bonds. The number of furan rings is 1. The fourth-order valence-electron chi connectivity index (χ4n) is 2.77. The zero-order valence-electron chi connectivity index (χ0n) is 13.4. The number of rotatable bonds is 3. The third-order valence-corrected chi connectivity index (χ3v) is 4.02. The van der Waals surface area contributed by atoms with Gasteiger partial charge in [-0.1, -0.05) is 12.1 Å². The van der Waals surface area contributed by atoms with Gasteiger partial charge >= 0.3 is 0 Å². The van der Waals surface area contributed by atoms with Crippen LogP contribution in [0.3, 0.4) is 0 Å². The molecule has 0 atom stereocenters. The van der Waals surface area contributed by atoms with Crippen molar-refractivity contribution in [3.05, 3.63) is 65.4 Å². The van der Waals surface area contributed by atoms with Crippen molar-refractivity contribution in [2.75, 3.05) is 0 Å². The van der Waals surface area contributed by atoms with Gasteiger partial charge in [-0.2, -0.15) is 0 Å². The van der Waals surface area contributed by atoms with Crippen molar-refractivity contribution in [3.8, 4) is 0 Å². The second-order valence-corrected chi connectivity index (χ2v) is 5.80. The van der Waals surface area contributed by atoms with Gasteiger partial charge in [0.05, 0.1) is 12.2 Å². The molecule has 0 radical (unpaired) electrons. The molecule has 0 aliphatic carbocycles. The van der Waals surface area contributed by atoms with Gasteiger partial charge in [0.1, 0.15) is 5.58 Å². The molecule has 4 rings (SSSR count). The number of hydrogen-bond donors (Lipinski definition) is 1. The van der Waals surface area contributed by atoms with Gasteiger partial charge in [0.2, 0.25) is 5.78 Å². The topological polar surface area (TPSA) is 72.4 Å². The number of nitrogens with zero attached hydrogens (tertiary/aromatic N) is 3. The summed E-state index contributed by atoms with van der Waals surface area (Å²) < 4.78 is 7.55. The Morgan fingerprint density at radius 2 is 2.21 bits per heavy atom. The summed E-state index contributed by atoms with van der Waals surface area (Å²) >= 11 is 0. The molecule has 0 aliphatic heterocycles. The number of amides is 1. The summed E-state index contributed by atoms with van der Waals surface area (Å²) in [5, 5.41) is 3.82. The molecule has 0 bridgehead atoms. The van der Waals surface area contributed by atoms with E-state index >= 15 is 0 Å². The van der Waals surface area contributed by atoms with Gasteiger partial charge in [0, 0.05) is 29.5 Å².